The van der Waals surface area contributed by atoms with E-state index in [4.69, 9.17) is 5.11 Å². The first-order valence-electron chi connectivity index (χ1n) is 8.16. The number of amides is 1. The van der Waals surface area contributed by atoms with Crippen molar-refractivity contribution in [3.63, 3.8) is 0 Å². The van der Waals surface area contributed by atoms with Crippen LogP contribution in [0.4, 0.5) is 31.9 Å². The Morgan fingerprint density at radius 2 is 1.96 bits per heavy atom. The van der Waals surface area contributed by atoms with E-state index < -0.39 is 35.6 Å². The predicted molar refractivity (Wildman–Crippen MR) is 92.3 cm³/mol. The topological polar surface area (TPSA) is 142 Å². The molecule has 0 fully saturated rings. The van der Waals surface area contributed by atoms with Crippen LogP contribution in [0.3, 0.4) is 0 Å². The van der Waals surface area contributed by atoms with Gasteiger partial charge in [0, 0.05) is 24.4 Å². The molecule has 2 atom stereocenters. The number of aromatic hydroxyl groups is 1. The van der Waals surface area contributed by atoms with E-state index in [2.05, 4.69) is 15.3 Å². The van der Waals surface area contributed by atoms with Crippen molar-refractivity contribution in [2.45, 2.75) is 25.7 Å². The van der Waals surface area contributed by atoms with E-state index in [1.54, 1.807) is 0 Å². The minimum absolute atomic E-state index is 0.0321. The van der Waals surface area contributed by atoms with Gasteiger partial charge in [-0.2, -0.15) is 10.0 Å². The van der Waals surface area contributed by atoms with Crippen LogP contribution in [0.2, 0.25) is 0 Å². The molecule has 0 radical (unpaired) electrons. The third-order valence-corrected chi connectivity index (χ3v) is 4.04. The van der Waals surface area contributed by atoms with Crippen molar-refractivity contribution in [1.29, 1.82) is 0 Å². The third-order valence-electron chi connectivity index (χ3n) is 4.04. The van der Waals surface area contributed by atoms with E-state index in [1.807, 2.05) is 0 Å². The van der Waals surface area contributed by atoms with E-state index in [-0.39, 0.29) is 41.2 Å². The zero-order chi connectivity index (χ0) is 20.6. The molecule has 0 bridgehead atoms. The second kappa shape index (κ2) is 7.50. The van der Waals surface area contributed by atoms with Crippen LogP contribution in [0, 0.1) is 11.6 Å². The zero-order valence-electron chi connectivity index (χ0n) is 14.5. The fraction of sp³-hybridized carbons (Fsp3) is 0.312. The fourth-order valence-corrected chi connectivity index (χ4v) is 2.59. The lowest BCUT2D eigenvalue weighted by Gasteiger charge is -2.36. The van der Waals surface area contributed by atoms with Crippen molar-refractivity contribution in [2.24, 2.45) is 0 Å². The van der Waals surface area contributed by atoms with Crippen molar-refractivity contribution in [2.75, 3.05) is 21.8 Å². The maximum Gasteiger partial charge on any atom is 0.300 e. The molecular weight excluding hydrogens is 380 g/mol. The lowest BCUT2D eigenvalue weighted by atomic mass is 10.2. The Kier molecular flexibility index (Phi) is 5.27. The van der Waals surface area contributed by atoms with E-state index >= 15 is 0 Å². The van der Waals surface area contributed by atoms with Crippen molar-refractivity contribution in [3.8, 4) is 5.75 Å². The molecule has 2 unspecified atom stereocenters. The lowest BCUT2D eigenvalue weighted by molar-refractivity contribution is -0.132. The summed E-state index contributed by atoms with van der Waals surface area (Å²) in [6.07, 6.45) is -1.20. The van der Waals surface area contributed by atoms with Gasteiger partial charge in [0.15, 0.2) is 23.2 Å². The highest BCUT2D eigenvalue weighted by atomic mass is 19.1. The highest BCUT2D eigenvalue weighted by molar-refractivity contribution is 6.01. The summed E-state index contributed by atoms with van der Waals surface area (Å²) in [4.78, 5) is 21.1. The van der Waals surface area contributed by atoms with Crippen LogP contribution in [-0.2, 0) is 4.79 Å². The molecule has 1 aromatic heterocycles. The second-order valence-corrected chi connectivity index (χ2v) is 6.17. The summed E-state index contributed by atoms with van der Waals surface area (Å²) in [6, 6.07) is 1.65. The summed E-state index contributed by atoms with van der Waals surface area (Å²) in [5.74, 6) is -4.72. The summed E-state index contributed by atoms with van der Waals surface area (Å²) in [5.41, 5.74) is -0.217. The number of nitrogens with zero attached hydrogens (tertiary/aromatic N) is 4. The van der Waals surface area contributed by atoms with E-state index in [9.17, 15) is 29.0 Å². The number of hydrogen-bond donors (Lipinski definition) is 5. The molecule has 0 aliphatic carbocycles. The number of aliphatic hydroxyl groups excluding tert-OH is 2. The standard InChI is InChI=1S/C16H17F2N5O5/c1-7(24)2-3-22-13-11(23(28)15(27)14(22)26)6-19-16(21-13)20-8-4-9(17)12(25)10(18)5-8/h4-7,14,24-26,28H,2-3H2,1H3,(H,19,20,21). The molecule has 12 heteroatoms. The molecule has 10 nitrogen and oxygen atoms in total. The number of aliphatic hydroxyl groups is 2. The lowest BCUT2D eigenvalue weighted by Crippen LogP contribution is -2.53. The van der Waals surface area contributed by atoms with Gasteiger partial charge in [0.25, 0.3) is 0 Å². The monoisotopic (exact) mass is 397 g/mol. The van der Waals surface area contributed by atoms with Crippen molar-refractivity contribution in [3.05, 3.63) is 30.0 Å². The maximum absolute atomic E-state index is 13.5. The van der Waals surface area contributed by atoms with E-state index in [0.29, 0.717) is 0 Å². The van der Waals surface area contributed by atoms with Crippen LogP contribution in [0.5, 0.6) is 5.75 Å². The SMILES string of the molecule is CC(O)CCN1c2nc(Nc3cc(F)c(O)c(F)c3)ncc2N(O)C(=O)C1O. The molecule has 1 aromatic carbocycles. The van der Waals surface area contributed by atoms with Crippen molar-refractivity contribution < 1.29 is 34.1 Å². The van der Waals surface area contributed by atoms with Gasteiger partial charge in [0.05, 0.1) is 12.3 Å². The molecular formula is C16H17F2N5O5. The molecule has 1 aliphatic heterocycles. The second-order valence-electron chi connectivity index (χ2n) is 6.17. The van der Waals surface area contributed by atoms with Gasteiger partial charge in [0.1, 0.15) is 5.69 Å². The van der Waals surface area contributed by atoms with Gasteiger partial charge in [-0.1, -0.05) is 0 Å². The fourth-order valence-electron chi connectivity index (χ4n) is 2.59. The Bertz CT molecular complexity index is 890. The van der Waals surface area contributed by atoms with Gasteiger partial charge >= 0.3 is 5.91 Å². The molecule has 0 saturated heterocycles. The average molecular weight is 397 g/mol. The number of carbonyl (C=O) groups excluding carboxylic acids is 1. The zero-order valence-corrected chi connectivity index (χ0v) is 14.5. The molecule has 1 aliphatic rings. The highest BCUT2D eigenvalue weighted by Gasteiger charge is 2.38. The largest absolute Gasteiger partial charge is 0.503 e. The smallest absolute Gasteiger partial charge is 0.300 e. The van der Waals surface area contributed by atoms with Gasteiger partial charge in [-0.15, -0.1) is 0 Å². The van der Waals surface area contributed by atoms with Crippen LogP contribution >= 0.6 is 0 Å². The molecule has 2 aromatic rings. The summed E-state index contributed by atoms with van der Waals surface area (Å²) < 4.78 is 27.0. The first kappa shape index (κ1) is 19.7. The molecule has 5 N–H and O–H groups in total. The highest BCUT2D eigenvalue weighted by Crippen LogP contribution is 2.34. The van der Waals surface area contributed by atoms with Crippen molar-refractivity contribution >= 4 is 29.0 Å². The molecule has 2 heterocycles. The molecule has 0 spiro atoms. The number of phenols is 1. The molecule has 1 amide bonds. The molecule has 28 heavy (non-hydrogen) atoms. The Morgan fingerprint density at radius 3 is 2.57 bits per heavy atom. The number of nitrogens with one attached hydrogen (secondary N) is 1. The number of aromatic nitrogens is 2. The minimum Gasteiger partial charge on any atom is -0.503 e. The Labute approximate surface area is 157 Å². The summed E-state index contributed by atoms with van der Waals surface area (Å²) in [6.45, 7) is 1.56. The average Bonchev–Trinajstić information content (AvgIpc) is 2.64. The third kappa shape index (κ3) is 3.65. The van der Waals surface area contributed by atoms with Crippen molar-refractivity contribution in [1.82, 2.24) is 9.97 Å². The van der Waals surface area contributed by atoms with Gasteiger partial charge in [-0.05, 0) is 13.3 Å². The van der Waals surface area contributed by atoms with Crippen LogP contribution in [-0.4, -0.2) is 55.3 Å². The van der Waals surface area contributed by atoms with E-state index in [0.717, 1.165) is 23.2 Å². The first-order chi connectivity index (χ1) is 13.2. The number of carbonyl (C=O) groups is 1. The minimum atomic E-state index is -1.75. The van der Waals surface area contributed by atoms with Gasteiger partial charge in [0.2, 0.25) is 12.2 Å². The quantitative estimate of drug-likeness (QED) is 0.366. The van der Waals surface area contributed by atoms with Gasteiger partial charge in [-0.3, -0.25) is 10.0 Å². The van der Waals surface area contributed by atoms with Crippen LogP contribution in [0.1, 0.15) is 13.3 Å². The number of rotatable bonds is 5. The molecule has 3 rings (SSSR count). The molecule has 0 saturated carbocycles. The number of halogens is 2. The van der Waals surface area contributed by atoms with Crippen LogP contribution in [0.25, 0.3) is 0 Å². The van der Waals surface area contributed by atoms with Gasteiger partial charge < -0.3 is 25.5 Å². The number of hydroxylamine groups is 1. The number of fused-ring (bicyclic) bond motifs is 1. The number of benzene rings is 1. The predicted octanol–water partition coefficient (Wildman–Crippen LogP) is 0.835. The Morgan fingerprint density at radius 1 is 1.32 bits per heavy atom. The Hall–Kier alpha value is -3.09. The summed E-state index contributed by atoms with van der Waals surface area (Å²) in [7, 11) is 0. The normalized spacial score (nSPS) is 17.5. The summed E-state index contributed by atoms with van der Waals surface area (Å²) in [5, 5.41) is 41.4. The summed E-state index contributed by atoms with van der Waals surface area (Å²) >= 11 is 0. The first-order valence-corrected chi connectivity index (χ1v) is 8.16. The van der Waals surface area contributed by atoms with Gasteiger partial charge in [-0.25, -0.2) is 13.8 Å². The van der Waals surface area contributed by atoms with E-state index in [1.165, 1.54) is 6.92 Å². The van der Waals surface area contributed by atoms with Crippen LogP contribution in [0.15, 0.2) is 18.3 Å². The molecule has 150 valence electrons. The number of anilines is 4. The number of hydrogen-bond acceptors (Lipinski definition) is 9. The Balaban J connectivity index is 1.96. The van der Waals surface area contributed by atoms with Crippen LogP contribution < -0.4 is 15.3 Å². The maximum atomic E-state index is 13.5. The number of phenolic OH excluding ortho intramolecular Hbond substituents is 1.